The summed E-state index contributed by atoms with van der Waals surface area (Å²) in [6.07, 6.45) is 14.8. The highest BCUT2D eigenvalue weighted by molar-refractivity contribution is 5.94. The number of rotatable bonds is 39. The SMILES string of the molecule is CCCCC(F)(F)C(=O)CC[C@H]1C=CC(=O)[C@@H]1CCCCCCC(=O)O.CCCCC(F)(F)C(=O)CC[C@H]1[C@H](O)CC(=O)[C@@H]1CCCCCCC(=O)O.CCCCC(F)(F)[C@@]1(O)CC[C@H]2[C@@H](CC(=O)[C@@H]2CCCCCCC(=O)O)O1. The van der Waals surface area contributed by atoms with E-state index in [1.54, 1.807) is 13.0 Å². The van der Waals surface area contributed by atoms with Crippen LogP contribution in [-0.4, -0.2) is 108 Å². The second kappa shape index (κ2) is 36.5. The smallest absolute Gasteiger partial charge is 0.305 e. The maximum Gasteiger partial charge on any atom is 0.305 e. The summed E-state index contributed by atoms with van der Waals surface area (Å²) >= 11 is 0. The van der Waals surface area contributed by atoms with Crippen molar-refractivity contribution in [3.63, 3.8) is 0 Å². The Morgan fingerprint density at radius 1 is 0.550 bits per heavy atom. The number of hydrogen-bond acceptors (Lipinski definition) is 11. The summed E-state index contributed by atoms with van der Waals surface area (Å²) in [5, 5.41) is 46.3. The van der Waals surface area contributed by atoms with Crippen LogP contribution in [0.4, 0.5) is 26.3 Å². The zero-order valence-corrected chi connectivity index (χ0v) is 47.7. The fourth-order valence-electron chi connectivity index (χ4n) is 11.6. The van der Waals surface area contributed by atoms with Gasteiger partial charge in [0.2, 0.25) is 17.4 Å². The molecule has 4 aliphatic rings. The van der Waals surface area contributed by atoms with Crippen molar-refractivity contribution in [3.05, 3.63) is 12.2 Å². The third-order valence-electron chi connectivity index (χ3n) is 16.5. The van der Waals surface area contributed by atoms with E-state index in [2.05, 4.69) is 0 Å². The number of Topliss-reactive ketones (excluding diaryl/α,β-unsaturated/α-hetero) is 4. The Bertz CT molecular complexity index is 1980. The summed E-state index contributed by atoms with van der Waals surface area (Å²) in [5.74, 6) is -18.4. The fraction of sp³-hybridized carbons (Fsp3) is 0.833. The van der Waals surface area contributed by atoms with Gasteiger partial charge in [0.05, 0.1) is 12.2 Å². The average molecular weight is 1150 g/mol. The summed E-state index contributed by atoms with van der Waals surface area (Å²) in [6.45, 7) is 5.41. The molecular weight excluding hydrogens is 1060 g/mol. The molecule has 0 aromatic heterocycles. The third kappa shape index (κ3) is 25.2. The predicted molar refractivity (Wildman–Crippen MR) is 287 cm³/mol. The Kier molecular flexibility index (Phi) is 32.9. The Balaban J connectivity index is 0.000000410. The number of alkyl halides is 6. The first-order chi connectivity index (χ1) is 37.7. The second-order valence-corrected chi connectivity index (χ2v) is 22.8. The standard InChI is InChI=1S/2C20H32F2O5.C20H30F2O4/c1-2-3-11-19(21,22)20(26)12-10-15-14(16(23)13-17(15)27-20)8-6-4-5-7-9-18(24)25;1-2-3-12-20(21,22)18(25)11-10-15-14(16(23)13-17(15)24)8-6-4-5-7-9-19(26)27;1-2-3-14-20(21,22)18(24)13-11-15-10-12-17(23)16(15)8-6-4-5-7-9-19(25)26/h14-15,17,26H,2-13H2,1H3,(H,24,25);14-15,17,24H,2-13H2,1H3,(H,26,27);10,12,15-16H,2-9,11,13-14H2,1H3,(H,25,26)/t14-,15-,17-,20-;14-,15-,17-;15-,16-/m111/s1. The highest BCUT2D eigenvalue weighted by atomic mass is 19.3. The predicted octanol–water partition coefficient (Wildman–Crippen LogP) is 13.4. The number of aliphatic hydroxyl groups excluding tert-OH is 1. The number of ether oxygens (including phenoxy) is 1. The molecule has 0 amide bonds. The molecule has 460 valence electrons. The van der Waals surface area contributed by atoms with Gasteiger partial charge >= 0.3 is 35.7 Å². The second-order valence-electron chi connectivity index (χ2n) is 22.8. The lowest BCUT2D eigenvalue weighted by atomic mass is 9.81. The third-order valence-corrected chi connectivity index (χ3v) is 16.5. The Labute approximate surface area is 469 Å². The molecule has 20 heteroatoms. The van der Waals surface area contributed by atoms with E-state index in [-0.39, 0.29) is 112 Å². The number of carbonyl (C=O) groups is 8. The van der Waals surface area contributed by atoms with Crippen LogP contribution in [0.5, 0.6) is 0 Å². The Morgan fingerprint density at radius 3 is 1.45 bits per heavy atom. The summed E-state index contributed by atoms with van der Waals surface area (Å²) in [4.78, 5) is 91.5. The van der Waals surface area contributed by atoms with Gasteiger partial charge in [-0.15, -0.1) is 0 Å². The van der Waals surface area contributed by atoms with Crippen molar-refractivity contribution in [3.8, 4) is 0 Å². The van der Waals surface area contributed by atoms with Crippen LogP contribution in [0, 0.1) is 35.5 Å². The van der Waals surface area contributed by atoms with Crippen LogP contribution in [0.25, 0.3) is 0 Å². The minimum atomic E-state index is -3.33. The van der Waals surface area contributed by atoms with Gasteiger partial charge in [-0.2, -0.15) is 17.6 Å². The number of fused-ring (bicyclic) bond motifs is 1. The molecule has 0 unspecified atom stereocenters. The molecule has 3 fully saturated rings. The molecule has 3 aliphatic carbocycles. The molecule has 0 radical (unpaired) electrons. The molecule has 2 saturated carbocycles. The number of carbonyl (C=O) groups excluding carboxylic acids is 5. The first-order valence-corrected chi connectivity index (χ1v) is 29.9. The number of aliphatic carboxylic acids is 3. The van der Waals surface area contributed by atoms with E-state index >= 15 is 0 Å². The van der Waals surface area contributed by atoms with E-state index in [4.69, 9.17) is 20.1 Å². The van der Waals surface area contributed by atoms with Gasteiger partial charge in [0.1, 0.15) is 11.6 Å². The van der Waals surface area contributed by atoms with E-state index in [1.807, 2.05) is 13.8 Å². The van der Waals surface area contributed by atoms with Crippen LogP contribution in [0.2, 0.25) is 0 Å². The first-order valence-electron chi connectivity index (χ1n) is 29.9. The molecule has 14 nitrogen and oxygen atoms in total. The fourth-order valence-corrected chi connectivity index (χ4v) is 11.6. The molecule has 0 spiro atoms. The molecule has 1 heterocycles. The van der Waals surface area contributed by atoms with Crippen molar-refractivity contribution in [1.29, 1.82) is 0 Å². The molecule has 1 saturated heterocycles. The Hall–Kier alpha value is -4.04. The van der Waals surface area contributed by atoms with E-state index in [0.717, 1.165) is 57.8 Å². The van der Waals surface area contributed by atoms with Gasteiger partial charge in [0.15, 0.2) is 5.78 Å². The molecule has 5 N–H and O–H groups in total. The van der Waals surface area contributed by atoms with Gasteiger partial charge in [0, 0.05) is 88.4 Å². The molecule has 80 heavy (non-hydrogen) atoms. The summed E-state index contributed by atoms with van der Waals surface area (Å²) < 4.78 is 89.4. The van der Waals surface area contributed by atoms with Crippen molar-refractivity contribution in [2.45, 2.75) is 281 Å². The summed E-state index contributed by atoms with van der Waals surface area (Å²) in [6, 6.07) is 0. The van der Waals surface area contributed by atoms with Crippen LogP contribution < -0.4 is 0 Å². The number of carboxylic acid groups (broad SMARTS) is 3. The molecular formula is C60H94F6O14. The van der Waals surface area contributed by atoms with Crippen molar-refractivity contribution in [2.24, 2.45) is 35.5 Å². The van der Waals surface area contributed by atoms with Gasteiger partial charge in [-0.1, -0.05) is 104 Å². The quantitative estimate of drug-likeness (QED) is 0.0284. The number of allylic oxidation sites excluding steroid dienone is 2. The number of hydrogen-bond donors (Lipinski definition) is 5. The normalized spacial score (nSPS) is 24.7. The maximum absolute atomic E-state index is 14.4. The number of aliphatic hydroxyl groups is 2. The van der Waals surface area contributed by atoms with Crippen LogP contribution in [-0.2, 0) is 43.1 Å². The molecule has 4 rings (SSSR count). The van der Waals surface area contributed by atoms with E-state index in [0.29, 0.717) is 77.0 Å². The van der Waals surface area contributed by atoms with Crippen LogP contribution in [0.3, 0.4) is 0 Å². The highest BCUT2D eigenvalue weighted by Gasteiger charge is 2.60. The molecule has 9 atom stereocenters. The minimum absolute atomic E-state index is 0.00530. The molecule has 1 aliphatic heterocycles. The van der Waals surface area contributed by atoms with E-state index < -0.39 is 96.3 Å². The molecule has 0 aromatic rings. The zero-order valence-electron chi connectivity index (χ0n) is 47.7. The number of carboxylic acids is 3. The van der Waals surface area contributed by atoms with E-state index in [1.165, 1.54) is 6.08 Å². The lowest BCUT2D eigenvalue weighted by Crippen LogP contribution is -2.55. The monoisotopic (exact) mass is 1150 g/mol. The van der Waals surface area contributed by atoms with Gasteiger partial charge < -0.3 is 30.3 Å². The van der Waals surface area contributed by atoms with Crippen molar-refractivity contribution < 1.29 is 95.0 Å². The van der Waals surface area contributed by atoms with Gasteiger partial charge in [-0.3, -0.25) is 38.4 Å². The molecule has 0 bridgehead atoms. The maximum atomic E-state index is 14.4. The first kappa shape index (κ1) is 72.1. The largest absolute Gasteiger partial charge is 0.481 e. The molecule has 0 aromatic carbocycles. The lowest BCUT2D eigenvalue weighted by Gasteiger charge is -2.43. The summed E-state index contributed by atoms with van der Waals surface area (Å²) in [7, 11) is 0. The van der Waals surface area contributed by atoms with Gasteiger partial charge in [-0.05, 0) is 101 Å². The number of unbranched alkanes of at least 4 members (excludes halogenated alkanes) is 12. The van der Waals surface area contributed by atoms with Crippen LogP contribution in [0.1, 0.15) is 245 Å². The van der Waals surface area contributed by atoms with Crippen LogP contribution in [0.15, 0.2) is 12.2 Å². The number of halogens is 6. The van der Waals surface area contributed by atoms with Crippen molar-refractivity contribution >= 4 is 46.8 Å². The summed E-state index contributed by atoms with van der Waals surface area (Å²) in [5.41, 5.74) is 0. The topological polar surface area (TPSA) is 247 Å². The zero-order chi connectivity index (χ0) is 60.1. The van der Waals surface area contributed by atoms with Gasteiger partial charge in [0.25, 0.3) is 0 Å². The average Bonchev–Trinajstić information content (AvgIpc) is 4.00. The highest BCUT2D eigenvalue weighted by Crippen LogP contribution is 2.50. The van der Waals surface area contributed by atoms with Crippen LogP contribution >= 0.6 is 0 Å². The minimum Gasteiger partial charge on any atom is -0.481 e. The Morgan fingerprint density at radius 2 is 0.975 bits per heavy atom. The van der Waals surface area contributed by atoms with Crippen molar-refractivity contribution in [2.75, 3.05) is 0 Å². The van der Waals surface area contributed by atoms with Gasteiger partial charge in [-0.25, -0.2) is 8.78 Å². The van der Waals surface area contributed by atoms with Crippen molar-refractivity contribution in [1.82, 2.24) is 0 Å². The lowest BCUT2D eigenvalue weighted by molar-refractivity contribution is -0.356. The number of ketones is 5. The van der Waals surface area contributed by atoms with E-state index in [9.17, 15) is 74.9 Å².